The number of hydrogen-bond acceptors (Lipinski definition) is 5. The van der Waals surface area contributed by atoms with Crippen LogP contribution in [0.2, 0.25) is 0 Å². The third-order valence-electron chi connectivity index (χ3n) is 4.18. The highest BCUT2D eigenvalue weighted by molar-refractivity contribution is 8.18. The normalized spacial score (nSPS) is 17.0. The fourth-order valence-corrected chi connectivity index (χ4v) is 3.55. The third-order valence-corrected chi connectivity index (χ3v) is 4.99. The van der Waals surface area contributed by atoms with Crippen molar-refractivity contribution in [1.29, 1.82) is 0 Å². The van der Waals surface area contributed by atoms with Crippen molar-refractivity contribution < 1.29 is 14.3 Å². The summed E-state index contributed by atoms with van der Waals surface area (Å²) in [5.74, 6) is 6.93. The van der Waals surface area contributed by atoms with Gasteiger partial charge in [-0.15, -0.1) is 0 Å². The van der Waals surface area contributed by atoms with Crippen LogP contribution in [0.1, 0.15) is 11.1 Å². The first-order valence-electron chi connectivity index (χ1n) is 8.49. The van der Waals surface area contributed by atoms with E-state index in [1.165, 1.54) is 0 Å². The van der Waals surface area contributed by atoms with Gasteiger partial charge in [0, 0.05) is 5.56 Å². The lowest BCUT2D eigenvalue weighted by molar-refractivity contribution is -0.115. The number of nitrogens with zero attached hydrogens (tertiary/aromatic N) is 1. The van der Waals surface area contributed by atoms with Crippen LogP contribution in [0.25, 0.3) is 6.08 Å². The standard InChI is InChI=1S/C21H16N2O3S/c24-20-19(27-21(25)22-20)14-16-9-7-15(8-10-16)4-3-11-23-12-13-26-18-6-2-1-5-17(18)23/h1-2,5-10,14H,11-13H2,(H,22,24,25). The molecule has 1 fully saturated rings. The number of nitrogens with one attached hydrogen (secondary N) is 1. The van der Waals surface area contributed by atoms with Gasteiger partial charge in [-0.2, -0.15) is 0 Å². The lowest BCUT2D eigenvalue weighted by Gasteiger charge is -2.29. The number of anilines is 1. The summed E-state index contributed by atoms with van der Waals surface area (Å²) >= 11 is 0.915. The highest BCUT2D eigenvalue weighted by atomic mass is 32.2. The fraction of sp³-hybridized carbons (Fsp3) is 0.143. The number of carbonyl (C=O) groups is 2. The summed E-state index contributed by atoms with van der Waals surface area (Å²) in [6.45, 7) is 2.11. The van der Waals surface area contributed by atoms with Gasteiger partial charge in [-0.05, 0) is 47.7 Å². The molecule has 0 saturated carbocycles. The Labute approximate surface area is 161 Å². The van der Waals surface area contributed by atoms with E-state index in [9.17, 15) is 9.59 Å². The predicted octanol–water partition coefficient (Wildman–Crippen LogP) is 3.26. The Morgan fingerprint density at radius 3 is 2.74 bits per heavy atom. The van der Waals surface area contributed by atoms with E-state index in [-0.39, 0.29) is 11.1 Å². The minimum absolute atomic E-state index is 0.335. The van der Waals surface area contributed by atoms with Crippen molar-refractivity contribution in [2.75, 3.05) is 24.6 Å². The molecule has 2 aromatic carbocycles. The fourth-order valence-electron chi connectivity index (χ4n) is 2.86. The topological polar surface area (TPSA) is 58.6 Å². The Balaban J connectivity index is 1.42. The number of fused-ring (bicyclic) bond motifs is 1. The second kappa shape index (κ2) is 7.60. The van der Waals surface area contributed by atoms with Crippen LogP contribution in [-0.4, -0.2) is 30.8 Å². The number of amides is 2. The van der Waals surface area contributed by atoms with Crippen LogP contribution in [0.3, 0.4) is 0 Å². The molecule has 5 nitrogen and oxygen atoms in total. The molecule has 2 heterocycles. The van der Waals surface area contributed by atoms with Gasteiger partial charge >= 0.3 is 0 Å². The van der Waals surface area contributed by atoms with Crippen molar-refractivity contribution in [2.45, 2.75) is 0 Å². The van der Waals surface area contributed by atoms with Gasteiger partial charge in [0.1, 0.15) is 12.4 Å². The second-order valence-corrected chi connectivity index (χ2v) is 7.03. The smallest absolute Gasteiger partial charge is 0.290 e. The van der Waals surface area contributed by atoms with E-state index in [1.807, 2.05) is 48.5 Å². The first-order chi connectivity index (χ1) is 13.2. The number of carbonyl (C=O) groups excluding carboxylic acids is 2. The zero-order valence-corrected chi connectivity index (χ0v) is 15.2. The maximum atomic E-state index is 11.6. The molecule has 0 atom stereocenters. The molecule has 2 amide bonds. The molecular formula is C21H16N2O3S. The number of benzene rings is 2. The van der Waals surface area contributed by atoms with Gasteiger partial charge < -0.3 is 9.64 Å². The predicted molar refractivity (Wildman–Crippen MR) is 107 cm³/mol. The number of ether oxygens (including phenoxy) is 1. The summed E-state index contributed by atoms with van der Waals surface area (Å²) in [4.78, 5) is 25.4. The van der Waals surface area contributed by atoms with Crippen LogP contribution in [0.15, 0.2) is 53.4 Å². The Hall–Kier alpha value is -3.17. The maximum Gasteiger partial charge on any atom is 0.290 e. The van der Waals surface area contributed by atoms with Gasteiger partial charge in [-0.1, -0.05) is 36.1 Å². The summed E-state index contributed by atoms with van der Waals surface area (Å²) in [5.41, 5.74) is 2.83. The second-order valence-electron chi connectivity index (χ2n) is 6.01. The minimum Gasteiger partial charge on any atom is -0.490 e. The van der Waals surface area contributed by atoms with E-state index < -0.39 is 0 Å². The Kier molecular flexibility index (Phi) is 4.86. The monoisotopic (exact) mass is 376 g/mol. The summed E-state index contributed by atoms with van der Waals surface area (Å²) in [6.07, 6.45) is 1.70. The molecule has 0 aromatic heterocycles. The number of para-hydroxylation sites is 2. The largest absolute Gasteiger partial charge is 0.490 e. The molecule has 4 rings (SSSR count). The van der Waals surface area contributed by atoms with Crippen molar-refractivity contribution >= 4 is 34.7 Å². The van der Waals surface area contributed by atoms with E-state index in [0.717, 1.165) is 40.9 Å². The van der Waals surface area contributed by atoms with Crippen LogP contribution < -0.4 is 15.0 Å². The lowest BCUT2D eigenvalue weighted by atomic mass is 10.1. The third kappa shape index (κ3) is 3.99. The van der Waals surface area contributed by atoms with Gasteiger partial charge in [0.2, 0.25) is 0 Å². The van der Waals surface area contributed by atoms with Crippen molar-refractivity contribution in [3.05, 3.63) is 64.6 Å². The molecule has 134 valence electrons. The summed E-state index contributed by atoms with van der Waals surface area (Å²) in [6, 6.07) is 15.6. The lowest BCUT2D eigenvalue weighted by Crippen LogP contribution is -2.32. The Morgan fingerprint density at radius 2 is 1.96 bits per heavy atom. The van der Waals surface area contributed by atoms with E-state index in [0.29, 0.717) is 18.1 Å². The number of hydrogen-bond donors (Lipinski definition) is 1. The van der Waals surface area contributed by atoms with E-state index in [4.69, 9.17) is 4.74 Å². The average Bonchev–Trinajstić information content (AvgIpc) is 3.00. The van der Waals surface area contributed by atoms with Crippen molar-refractivity contribution in [3.63, 3.8) is 0 Å². The average molecular weight is 376 g/mol. The molecule has 2 aromatic rings. The number of imide groups is 1. The first kappa shape index (κ1) is 17.3. The van der Waals surface area contributed by atoms with Crippen LogP contribution in [-0.2, 0) is 4.79 Å². The van der Waals surface area contributed by atoms with E-state index in [1.54, 1.807) is 6.08 Å². The molecule has 0 aliphatic carbocycles. The van der Waals surface area contributed by atoms with Crippen LogP contribution in [0, 0.1) is 11.8 Å². The molecule has 27 heavy (non-hydrogen) atoms. The molecule has 2 aliphatic rings. The van der Waals surface area contributed by atoms with Crippen molar-refractivity contribution in [1.82, 2.24) is 5.32 Å². The van der Waals surface area contributed by atoms with Gasteiger partial charge in [-0.3, -0.25) is 14.9 Å². The molecule has 0 bridgehead atoms. The van der Waals surface area contributed by atoms with Crippen molar-refractivity contribution in [3.8, 4) is 17.6 Å². The summed E-state index contributed by atoms with van der Waals surface area (Å²) < 4.78 is 5.65. The minimum atomic E-state index is -0.348. The first-order valence-corrected chi connectivity index (χ1v) is 9.31. The zero-order chi connectivity index (χ0) is 18.6. The molecule has 2 aliphatic heterocycles. The number of thioether (sulfide) groups is 1. The van der Waals surface area contributed by atoms with Crippen LogP contribution >= 0.6 is 11.8 Å². The van der Waals surface area contributed by atoms with Crippen LogP contribution in [0.5, 0.6) is 5.75 Å². The van der Waals surface area contributed by atoms with Gasteiger partial charge in [0.15, 0.2) is 0 Å². The van der Waals surface area contributed by atoms with Gasteiger partial charge in [-0.25, -0.2) is 0 Å². The van der Waals surface area contributed by atoms with Crippen LogP contribution in [0.4, 0.5) is 10.5 Å². The summed E-state index contributed by atoms with van der Waals surface area (Å²) in [7, 11) is 0. The molecule has 6 heteroatoms. The zero-order valence-electron chi connectivity index (χ0n) is 14.4. The molecule has 0 unspecified atom stereocenters. The molecule has 1 saturated heterocycles. The quantitative estimate of drug-likeness (QED) is 0.644. The molecular weight excluding hydrogens is 360 g/mol. The summed E-state index contributed by atoms with van der Waals surface area (Å²) in [5, 5.41) is 1.91. The van der Waals surface area contributed by atoms with Gasteiger partial charge in [0.25, 0.3) is 11.1 Å². The molecule has 1 N–H and O–H groups in total. The Bertz CT molecular complexity index is 986. The van der Waals surface area contributed by atoms with Gasteiger partial charge in [0.05, 0.1) is 23.7 Å². The van der Waals surface area contributed by atoms with E-state index >= 15 is 0 Å². The Morgan fingerprint density at radius 1 is 1.15 bits per heavy atom. The molecule has 0 spiro atoms. The highest BCUT2D eigenvalue weighted by Gasteiger charge is 2.24. The maximum absolute atomic E-state index is 11.6. The van der Waals surface area contributed by atoms with E-state index in [2.05, 4.69) is 22.1 Å². The highest BCUT2D eigenvalue weighted by Crippen LogP contribution is 2.30. The van der Waals surface area contributed by atoms with Crippen molar-refractivity contribution in [2.24, 2.45) is 0 Å². The molecule has 0 radical (unpaired) electrons. The number of rotatable bonds is 2. The SMILES string of the molecule is O=C1NC(=O)C(=Cc2ccc(C#CCN3CCOc4ccccc43)cc2)S1.